The molecule has 1 amide bonds. The van der Waals surface area contributed by atoms with Gasteiger partial charge in [-0.2, -0.15) is 0 Å². The molecule has 6 nitrogen and oxygen atoms in total. The lowest BCUT2D eigenvalue weighted by Crippen LogP contribution is -2.26. The fourth-order valence-electron chi connectivity index (χ4n) is 4.65. The van der Waals surface area contributed by atoms with Crippen LogP contribution < -0.4 is 14.8 Å². The summed E-state index contributed by atoms with van der Waals surface area (Å²) in [6, 6.07) is 15.7. The molecule has 0 spiro atoms. The third kappa shape index (κ3) is 3.94. The van der Waals surface area contributed by atoms with Gasteiger partial charge in [-0.25, -0.2) is 0 Å². The number of likely N-dealkylation sites (tertiary alicyclic amines) is 1. The molecular weight excluding hydrogens is 402 g/mol. The largest absolute Gasteiger partial charge is 0.497 e. The molecule has 0 saturated carbocycles. The van der Waals surface area contributed by atoms with Crippen LogP contribution in [0.3, 0.4) is 0 Å². The van der Waals surface area contributed by atoms with Gasteiger partial charge in [0, 0.05) is 42.7 Å². The summed E-state index contributed by atoms with van der Waals surface area (Å²) in [5.74, 6) is 1.97. The van der Waals surface area contributed by atoms with Crippen molar-refractivity contribution in [3.05, 3.63) is 70.9 Å². The van der Waals surface area contributed by atoms with Gasteiger partial charge in [0.1, 0.15) is 18.1 Å². The number of fused-ring (bicyclic) bond motifs is 2. The van der Waals surface area contributed by atoms with E-state index in [0.29, 0.717) is 18.1 Å². The van der Waals surface area contributed by atoms with Crippen molar-refractivity contribution in [3.63, 3.8) is 0 Å². The molecule has 0 radical (unpaired) electrons. The zero-order chi connectivity index (χ0) is 22.1. The molecule has 1 aromatic heterocycles. The molecule has 5 rings (SSSR count). The number of hydrogen-bond donors (Lipinski definition) is 1. The monoisotopic (exact) mass is 429 g/mol. The summed E-state index contributed by atoms with van der Waals surface area (Å²) in [6.45, 7) is 3.39. The summed E-state index contributed by atoms with van der Waals surface area (Å²) >= 11 is 0. The van der Waals surface area contributed by atoms with Gasteiger partial charge in [-0.1, -0.05) is 18.2 Å². The predicted molar refractivity (Wildman–Crippen MR) is 125 cm³/mol. The zero-order valence-electron chi connectivity index (χ0n) is 18.4. The second-order valence-electron chi connectivity index (χ2n) is 8.41. The van der Waals surface area contributed by atoms with E-state index in [-0.39, 0.29) is 5.91 Å². The molecule has 1 N–H and O–H groups in total. The first kappa shape index (κ1) is 20.5. The third-order valence-electron chi connectivity index (χ3n) is 6.31. The number of benzene rings is 2. The number of nitrogens with one attached hydrogen (secondary N) is 1. The van der Waals surface area contributed by atoms with E-state index in [0.717, 1.165) is 59.7 Å². The number of nitrogens with zero attached hydrogens (tertiary/aromatic N) is 2. The molecule has 164 valence electrons. The fourth-order valence-corrected chi connectivity index (χ4v) is 4.65. The molecule has 2 aromatic carbocycles. The number of pyridine rings is 1. The highest BCUT2D eigenvalue weighted by atomic mass is 16.5. The van der Waals surface area contributed by atoms with Crippen molar-refractivity contribution >= 4 is 22.9 Å². The van der Waals surface area contributed by atoms with Gasteiger partial charge in [0.25, 0.3) is 5.91 Å². The Morgan fingerprint density at radius 3 is 2.97 bits per heavy atom. The number of carbonyl (C=O) groups is 1. The molecule has 1 atom stereocenters. The third-order valence-corrected chi connectivity index (χ3v) is 6.31. The van der Waals surface area contributed by atoms with E-state index in [2.05, 4.69) is 16.3 Å². The van der Waals surface area contributed by atoms with Crippen LogP contribution in [0.15, 0.2) is 54.1 Å². The van der Waals surface area contributed by atoms with Gasteiger partial charge in [0.15, 0.2) is 0 Å². The van der Waals surface area contributed by atoms with Gasteiger partial charge in [0.2, 0.25) is 0 Å². The lowest BCUT2D eigenvalue weighted by Gasteiger charge is -2.23. The lowest BCUT2D eigenvalue weighted by molar-refractivity contribution is 0.0964. The van der Waals surface area contributed by atoms with Crippen molar-refractivity contribution in [2.75, 3.05) is 40.4 Å². The standard InChI is InChI=1S/C26H27N3O3/c1-27-26(30)22-13-24(28-23-6-4-3-5-21(22)23)18-9-10-29(15-18)14-17-11-19-12-20(31-2)7-8-25(19)32-16-17/h3-8,11-13,18H,9-10,14-16H2,1-2H3,(H,27,30). The van der Waals surface area contributed by atoms with Gasteiger partial charge >= 0.3 is 0 Å². The van der Waals surface area contributed by atoms with Crippen molar-refractivity contribution in [2.45, 2.75) is 12.3 Å². The molecule has 2 aliphatic heterocycles. The normalized spacial score (nSPS) is 18.1. The second kappa shape index (κ2) is 8.63. The minimum absolute atomic E-state index is 0.0710. The number of carbonyl (C=O) groups excluding carboxylic acids is 1. The van der Waals surface area contributed by atoms with Crippen LogP contribution in [0.2, 0.25) is 0 Å². The Morgan fingerprint density at radius 2 is 2.12 bits per heavy atom. The Hall–Kier alpha value is -3.38. The molecule has 1 unspecified atom stereocenters. The van der Waals surface area contributed by atoms with Crippen LogP contribution in [-0.4, -0.2) is 56.2 Å². The number of methoxy groups -OCH3 is 1. The Bertz CT molecular complexity index is 1200. The van der Waals surface area contributed by atoms with Crippen molar-refractivity contribution in [1.82, 2.24) is 15.2 Å². The number of rotatable bonds is 5. The van der Waals surface area contributed by atoms with Gasteiger partial charge < -0.3 is 14.8 Å². The smallest absolute Gasteiger partial charge is 0.251 e. The van der Waals surface area contributed by atoms with E-state index in [1.807, 2.05) is 48.5 Å². The van der Waals surface area contributed by atoms with Crippen LogP contribution in [0, 0.1) is 0 Å². The predicted octanol–water partition coefficient (Wildman–Crippen LogP) is 3.87. The lowest BCUT2D eigenvalue weighted by atomic mass is 9.99. The number of hydrogen-bond acceptors (Lipinski definition) is 5. The highest BCUT2D eigenvalue weighted by Crippen LogP contribution is 2.33. The van der Waals surface area contributed by atoms with Gasteiger partial charge in [0.05, 0.1) is 18.2 Å². The molecule has 6 heteroatoms. The molecule has 3 aromatic rings. The van der Waals surface area contributed by atoms with Crippen molar-refractivity contribution in [3.8, 4) is 11.5 Å². The first-order valence-electron chi connectivity index (χ1n) is 11.0. The number of aromatic nitrogens is 1. The van der Waals surface area contributed by atoms with Crippen molar-refractivity contribution < 1.29 is 14.3 Å². The van der Waals surface area contributed by atoms with Gasteiger partial charge in [-0.05, 0) is 54.9 Å². The maximum Gasteiger partial charge on any atom is 0.251 e. The molecule has 3 heterocycles. The summed E-state index contributed by atoms with van der Waals surface area (Å²) in [7, 11) is 3.35. The second-order valence-corrected chi connectivity index (χ2v) is 8.41. The maximum absolute atomic E-state index is 12.5. The van der Waals surface area contributed by atoms with E-state index in [4.69, 9.17) is 14.5 Å². The summed E-state index contributed by atoms with van der Waals surface area (Å²) in [4.78, 5) is 19.8. The number of para-hydroxylation sites is 1. The zero-order valence-corrected chi connectivity index (χ0v) is 18.4. The molecule has 32 heavy (non-hydrogen) atoms. The minimum atomic E-state index is -0.0710. The van der Waals surface area contributed by atoms with Crippen LogP contribution in [0.1, 0.15) is 34.0 Å². The molecular formula is C26H27N3O3. The Balaban J connectivity index is 1.34. The van der Waals surface area contributed by atoms with Crippen LogP contribution in [0.4, 0.5) is 0 Å². The van der Waals surface area contributed by atoms with Crippen LogP contribution >= 0.6 is 0 Å². The van der Waals surface area contributed by atoms with Crippen LogP contribution in [0.5, 0.6) is 11.5 Å². The van der Waals surface area contributed by atoms with E-state index in [9.17, 15) is 4.79 Å². The average molecular weight is 430 g/mol. The summed E-state index contributed by atoms with van der Waals surface area (Å²) in [5, 5.41) is 3.66. The number of ether oxygens (including phenoxy) is 2. The van der Waals surface area contributed by atoms with Crippen molar-refractivity contribution in [1.29, 1.82) is 0 Å². The first-order valence-corrected chi connectivity index (χ1v) is 11.0. The Morgan fingerprint density at radius 1 is 1.25 bits per heavy atom. The molecule has 0 bridgehead atoms. The quantitative estimate of drug-likeness (QED) is 0.667. The summed E-state index contributed by atoms with van der Waals surface area (Å²) in [6.07, 6.45) is 3.24. The minimum Gasteiger partial charge on any atom is -0.497 e. The Kier molecular flexibility index (Phi) is 5.53. The van der Waals surface area contributed by atoms with Gasteiger partial charge in [-0.3, -0.25) is 14.7 Å². The molecule has 1 saturated heterocycles. The molecule has 1 fully saturated rings. The number of amides is 1. The Labute approximate surface area is 187 Å². The van der Waals surface area contributed by atoms with E-state index >= 15 is 0 Å². The molecule has 0 aliphatic carbocycles. The topological polar surface area (TPSA) is 63.7 Å². The summed E-state index contributed by atoms with van der Waals surface area (Å²) in [5.41, 5.74) is 4.88. The van der Waals surface area contributed by atoms with Crippen LogP contribution in [0.25, 0.3) is 17.0 Å². The highest BCUT2D eigenvalue weighted by molar-refractivity contribution is 6.06. The average Bonchev–Trinajstić information content (AvgIpc) is 3.30. The van der Waals surface area contributed by atoms with E-state index < -0.39 is 0 Å². The van der Waals surface area contributed by atoms with Crippen molar-refractivity contribution in [2.24, 2.45) is 0 Å². The highest BCUT2D eigenvalue weighted by Gasteiger charge is 2.27. The molecule has 2 aliphatic rings. The summed E-state index contributed by atoms with van der Waals surface area (Å²) < 4.78 is 11.3. The van der Waals surface area contributed by atoms with Gasteiger partial charge in [-0.15, -0.1) is 0 Å². The van der Waals surface area contributed by atoms with E-state index in [1.54, 1.807) is 14.2 Å². The fraction of sp³-hybridized carbons (Fsp3) is 0.308. The first-order chi connectivity index (χ1) is 15.6. The maximum atomic E-state index is 12.5. The van der Waals surface area contributed by atoms with E-state index in [1.165, 1.54) is 5.57 Å². The SMILES string of the molecule is CNC(=O)c1cc(C2CCN(CC3=Cc4cc(OC)ccc4OC3)C2)nc2ccccc12. The van der Waals surface area contributed by atoms with Crippen LogP contribution in [-0.2, 0) is 0 Å².